The van der Waals surface area contributed by atoms with Crippen LogP contribution in [0.15, 0.2) is 36.4 Å². The van der Waals surface area contributed by atoms with Crippen LogP contribution in [0.4, 0.5) is 24.5 Å². The van der Waals surface area contributed by atoms with Crippen molar-refractivity contribution in [3.63, 3.8) is 0 Å². The Morgan fingerprint density at radius 1 is 1.12 bits per heavy atom. The van der Waals surface area contributed by atoms with Crippen molar-refractivity contribution in [2.24, 2.45) is 0 Å². The molecule has 0 N–H and O–H groups in total. The lowest BCUT2D eigenvalue weighted by Crippen LogP contribution is -2.33. The summed E-state index contributed by atoms with van der Waals surface area (Å²) in [5.41, 5.74) is 0.0660. The van der Waals surface area contributed by atoms with Gasteiger partial charge in [0.15, 0.2) is 0 Å². The topological polar surface area (TPSA) is 44.1 Å². The number of carbonyl (C=O) groups excluding carboxylic acids is 1. The molecule has 1 heterocycles. The number of rotatable bonds is 1. The molecule has 0 fully saturated rings. The third-order valence-electron chi connectivity index (χ3n) is 4.49. The first kappa shape index (κ1) is 17.0. The minimum absolute atomic E-state index is 0.104. The highest BCUT2D eigenvalue weighted by Crippen LogP contribution is 2.46. The smallest absolute Gasteiger partial charge is 0.280 e. The van der Waals surface area contributed by atoms with E-state index in [-0.39, 0.29) is 11.6 Å². The second-order valence-electron chi connectivity index (χ2n) is 6.63. The molecule has 0 saturated carbocycles. The molecule has 2 aromatic rings. The van der Waals surface area contributed by atoms with Crippen molar-refractivity contribution in [1.82, 2.24) is 0 Å². The van der Waals surface area contributed by atoms with Gasteiger partial charge in [0.2, 0.25) is 5.91 Å². The van der Waals surface area contributed by atoms with E-state index in [0.717, 1.165) is 23.3 Å². The molecule has 0 saturated heterocycles. The summed E-state index contributed by atoms with van der Waals surface area (Å²) < 4.78 is 39.7. The summed E-state index contributed by atoms with van der Waals surface area (Å²) in [6.07, 6.45) is -4.67. The van der Waals surface area contributed by atoms with Crippen LogP contribution in [0, 0.1) is 18.3 Å². The largest absolute Gasteiger partial charge is 0.417 e. The molecule has 0 aromatic heterocycles. The van der Waals surface area contributed by atoms with Crippen LogP contribution >= 0.6 is 0 Å². The maximum absolute atomic E-state index is 13.2. The van der Waals surface area contributed by atoms with E-state index in [4.69, 9.17) is 5.26 Å². The number of halogens is 3. The molecule has 2 aromatic carbocycles. The minimum atomic E-state index is -4.67. The predicted octanol–water partition coefficient (Wildman–Crippen LogP) is 4.84. The van der Waals surface area contributed by atoms with Crippen molar-refractivity contribution >= 4 is 17.3 Å². The van der Waals surface area contributed by atoms with E-state index in [1.54, 1.807) is 26.0 Å². The molecule has 1 aliphatic rings. The van der Waals surface area contributed by atoms with Gasteiger partial charge >= 0.3 is 6.18 Å². The number of hydrogen-bond donors (Lipinski definition) is 0. The number of alkyl halides is 3. The van der Waals surface area contributed by atoms with Gasteiger partial charge in [0.1, 0.15) is 0 Å². The third-order valence-corrected chi connectivity index (χ3v) is 4.49. The fourth-order valence-corrected chi connectivity index (χ4v) is 3.11. The first-order valence-electron chi connectivity index (χ1n) is 7.64. The van der Waals surface area contributed by atoms with Gasteiger partial charge in [0.05, 0.1) is 28.3 Å². The second kappa shape index (κ2) is 5.35. The van der Waals surface area contributed by atoms with E-state index in [9.17, 15) is 18.0 Å². The highest BCUT2D eigenvalue weighted by atomic mass is 19.4. The van der Waals surface area contributed by atoms with Gasteiger partial charge in [-0.15, -0.1) is 0 Å². The maximum Gasteiger partial charge on any atom is 0.417 e. The van der Waals surface area contributed by atoms with Gasteiger partial charge in [-0.1, -0.05) is 17.7 Å². The predicted molar refractivity (Wildman–Crippen MR) is 87.5 cm³/mol. The first-order valence-corrected chi connectivity index (χ1v) is 7.64. The number of benzene rings is 2. The number of fused-ring (bicyclic) bond motifs is 1. The number of carbonyl (C=O) groups is 1. The van der Waals surface area contributed by atoms with Crippen molar-refractivity contribution in [2.75, 3.05) is 4.90 Å². The zero-order valence-corrected chi connectivity index (χ0v) is 13.9. The molecular weight excluding hydrogens is 329 g/mol. The molecule has 0 aliphatic carbocycles. The van der Waals surface area contributed by atoms with Gasteiger partial charge in [-0.2, -0.15) is 18.4 Å². The minimum Gasteiger partial charge on any atom is -0.280 e. The Balaban J connectivity index is 2.22. The van der Waals surface area contributed by atoms with Crippen LogP contribution in [0.1, 0.15) is 36.1 Å². The van der Waals surface area contributed by atoms with Gasteiger partial charge < -0.3 is 0 Å². The van der Waals surface area contributed by atoms with Crippen LogP contribution in [0.3, 0.4) is 0 Å². The molecule has 1 amide bonds. The van der Waals surface area contributed by atoms with Crippen molar-refractivity contribution in [3.05, 3.63) is 58.7 Å². The van der Waals surface area contributed by atoms with Crippen molar-refractivity contribution in [3.8, 4) is 6.07 Å². The molecule has 0 unspecified atom stereocenters. The Kier molecular flexibility index (Phi) is 3.64. The lowest BCUT2D eigenvalue weighted by atomic mass is 9.85. The Labute approximate surface area is 143 Å². The lowest BCUT2D eigenvalue weighted by Gasteiger charge is -2.22. The van der Waals surface area contributed by atoms with Crippen LogP contribution in [0.2, 0.25) is 0 Å². The fraction of sp³-hybridized carbons (Fsp3) is 0.263. The second-order valence-corrected chi connectivity index (χ2v) is 6.63. The average molecular weight is 344 g/mol. The molecule has 25 heavy (non-hydrogen) atoms. The molecule has 6 heteroatoms. The van der Waals surface area contributed by atoms with Crippen LogP contribution < -0.4 is 4.90 Å². The lowest BCUT2D eigenvalue weighted by molar-refractivity contribution is -0.137. The quantitative estimate of drug-likeness (QED) is 0.743. The van der Waals surface area contributed by atoms with Crippen molar-refractivity contribution in [1.29, 1.82) is 5.26 Å². The monoisotopic (exact) mass is 344 g/mol. The van der Waals surface area contributed by atoms with E-state index in [2.05, 4.69) is 0 Å². The molecule has 0 bridgehead atoms. The van der Waals surface area contributed by atoms with Gasteiger partial charge in [-0.05, 0) is 50.6 Å². The van der Waals surface area contributed by atoms with Crippen molar-refractivity contribution < 1.29 is 18.0 Å². The number of nitriles is 1. The maximum atomic E-state index is 13.2. The Morgan fingerprint density at radius 3 is 2.40 bits per heavy atom. The van der Waals surface area contributed by atoms with Crippen molar-refractivity contribution in [2.45, 2.75) is 32.4 Å². The van der Waals surface area contributed by atoms with Gasteiger partial charge in [0.25, 0.3) is 0 Å². The molecule has 0 atom stereocenters. The normalized spacial score (nSPS) is 15.9. The van der Waals surface area contributed by atoms with E-state index in [1.165, 1.54) is 11.0 Å². The van der Waals surface area contributed by atoms with Crippen LogP contribution in [-0.2, 0) is 16.4 Å². The molecule has 1 aliphatic heterocycles. The van der Waals surface area contributed by atoms with Crippen LogP contribution in [0.25, 0.3) is 0 Å². The van der Waals surface area contributed by atoms with Gasteiger partial charge in [-0.25, -0.2) is 0 Å². The summed E-state index contributed by atoms with van der Waals surface area (Å²) in [7, 11) is 0. The molecule has 3 rings (SSSR count). The molecule has 0 radical (unpaired) electrons. The van der Waals surface area contributed by atoms with E-state index in [1.807, 2.05) is 19.1 Å². The summed E-state index contributed by atoms with van der Waals surface area (Å²) in [5, 5.41) is 8.93. The average Bonchev–Trinajstić information content (AvgIpc) is 2.73. The van der Waals surface area contributed by atoms with Crippen LogP contribution in [0.5, 0.6) is 0 Å². The van der Waals surface area contributed by atoms with E-state index >= 15 is 0 Å². The molecule has 3 nitrogen and oxygen atoms in total. The Bertz CT molecular complexity index is 923. The number of aryl methyl sites for hydroxylation is 1. The Hall–Kier alpha value is -2.81. The first-order chi connectivity index (χ1) is 11.6. The summed E-state index contributed by atoms with van der Waals surface area (Å²) in [4.78, 5) is 14.2. The number of hydrogen-bond acceptors (Lipinski definition) is 2. The molecule has 0 spiro atoms. The van der Waals surface area contributed by atoms with E-state index in [0.29, 0.717) is 5.69 Å². The standard InChI is InChI=1S/C19H15F3N2O/c1-11-4-7-16-15(8-11)18(2,3)17(25)24(16)13-6-5-12(10-23)14(9-13)19(20,21)22/h4-9H,1-3H3. The number of anilines is 2. The summed E-state index contributed by atoms with van der Waals surface area (Å²) in [6.45, 7) is 5.40. The van der Waals surface area contributed by atoms with Gasteiger partial charge in [-0.3, -0.25) is 9.69 Å². The molecular formula is C19H15F3N2O. The third kappa shape index (κ3) is 2.56. The Morgan fingerprint density at radius 2 is 1.80 bits per heavy atom. The highest BCUT2D eigenvalue weighted by Gasteiger charge is 2.45. The summed E-state index contributed by atoms with van der Waals surface area (Å²) >= 11 is 0. The van der Waals surface area contributed by atoms with E-state index < -0.39 is 22.7 Å². The number of amides is 1. The zero-order chi connectivity index (χ0) is 18.6. The van der Waals surface area contributed by atoms with Gasteiger partial charge in [0, 0.05) is 5.69 Å². The molecule has 128 valence electrons. The SMILES string of the molecule is Cc1ccc2c(c1)C(C)(C)C(=O)N2c1ccc(C#N)c(C(F)(F)F)c1. The summed E-state index contributed by atoms with van der Waals surface area (Å²) in [6, 6.07) is 10.3. The van der Waals surface area contributed by atoms with Crippen LogP contribution in [-0.4, -0.2) is 5.91 Å². The zero-order valence-electron chi connectivity index (χ0n) is 13.9. The highest BCUT2D eigenvalue weighted by molar-refractivity contribution is 6.12. The fourth-order valence-electron chi connectivity index (χ4n) is 3.11. The summed E-state index contributed by atoms with van der Waals surface area (Å²) in [5.74, 6) is -0.300. The number of nitrogens with zero attached hydrogens (tertiary/aromatic N) is 2.